The van der Waals surface area contributed by atoms with E-state index in [4.69, 9.17) is 4.74 Å². The van der Waals surface area contributed by atoms with Crippen molar-refractivity contribution in [3.8, 4) is 0 Å². The van der Waals surface area contributed by atoms with Gasteiger partial charge in [-0.15, -0.1) is 10.2 Å². The van der Waals surface area contributed by atoms with E-state index in [-0.39, 0.29) is 17.9 Å². The Morgan fingerprint density at radius 1 is 1.19 bits per heavy atom. The van der Waals surface area contributed by atoms with Crippen LogP contribution in [0.1, 0.15) is 51.7 Å². The molecule has 0 saturated carbocycles. The summed E-state index contributed by atoms with van der Waals surface area (Å²) in [6.07, 6.45) is 3.87. The lowest BCUT2D eigenvalue weighted by Gasteiger charge is -2.32. The number of nitrogens with zero attached hydrogens (tertiary/aromatic N) is 4. The zero-order chi connectivity index (χ0) is 18.7. The van der Waals surface area contributed by atoms with Crippen molar-refractivity contribution in [2.75, 3.05) is 19.6 Å². The maximum Gasteiger partial charge on any atom is 0.410 e. The number of carbonyl (C=O) groups is 2. The Hall–Kier alpha value is -2.12. The van der Waals surface area contributed by atoms with Crippen molar-refractivity contribution in [3.05, 3.63) is 11.6 Å². The van der Waals surface area contributed by atoms with Gasteiger partial charge in [-0.2, -0.15) is 0 Å². The number of hydrogen-bond acceptors (Lipinski definition) is 5. The molecular weight excluding hydrogens is 334 g/mol. The molecule has 1 fully saturated rings. The van der Waals surface area contributed by atoms with Gasteiger partial charge in [0.2, 0.25) is 5.91 Å². The lowest BCUT2D eigenvalue weighted by Crippen LogP contribution is -2.45. The Bertz CT molecular complexity index is 656. The average Bonchev–Trinajstić information content (AvgIpc) is 3.18. The largest absolute Gasteiger partial charge is 0.444 e. The monoisotopic (exact) mass is 363 g/mol. The van der Waals surface area contributed by atoms with E-state index in [0.717, 1.165) is 31.0 Å². The van der Waals surface area contributed by atoms with Crippen molar-refractivity contribution < 1.29 is 14.3 Å². The molecule has 2 aliphatic heterocycles. The summed E-state index contributed by atoms with van der Waals surface area (Å²) < 4.78 is 7.55. The van der Waals surface area contributed by atoms with Gasteiger partial charge in [-0.25, -0.2) is 4.79 Å². The molecule has 0 spiro atoms. The number of likely N-dealkylation sites (tertiary alicyclic amines) is 1. The molecule has 8 heteroatoms. The maximum atomic E-state index is 12.4. The lowest BCUT2D eigenvalue weighted by atomic mass is 9.96. The second-order valence-corrected chi connectivity index (χ2v) is 8.07. The van der Waals surface area contributed by atoms with Crippen LogP contribution >= 0.6 is 0 Å². The normalized spacial score (nSPS) is 17.9. The van der Waals surface area contributed by atoms with Crippen LogP contribution in [-0.2, 0) is 28.9 Å². The van der Waals surface area contributed by atoms with E-state index in [0.29, 0.717) is 38.9 Å². The molecule has 26 heavy (non-hydrogen) atoms. The summed E-state index contributed by atoms with van der Waals surface area (Å²) in [6.45, 7) is 8.25. The summed E-state index contributed by atoms with van der Waals surface area (Å²) in [5.41, 5.74) is -0.493. The van der Waals surface area contributed by atoms with Crippen LogP contribution in [0.4, 0.5) is 4.79 Å². The molecule has 1 saturated heterocycles. The van der Waals surface area contributed by atoms with E-state index in [1.807, 2.05) is 20.8 Å². The number of fused-ring (bicyclic) bond motifs is 1. The molecule has 0 aromatic carbocycles. The number of carbonyl (C=O) groups excluding carboxylic acids is 2. The highest BCUT2D eigenvalue weighted by Crippen LogP contribution is 2.20. The first-order valence-electron chi connectivity index (χ1n) is 9.50. The van der Waals surface area contributed by atoms with Crippen LogP contribution in [0.2, 0.25) is 0 Å². The molecular formula is C18H29N5O3. The minimum absolute atomic E-state index is 0.0437. The van der Waals surface area contributed by atoms with Crippen molar-refractivity contribution in [2.24, 2.45) is 5.92 Å². The smallest absolute Gasteiger partial charge is 0.410 e. The van der Waals surface area contributed by atoms with Crippen molar-refractivity contribution in [1.29, 1.82) is 0 Å². The van der Waals surface area contributed by atoms with Gasteiger partial charge >= 0.3 is 6.09 Å². The fourth-order valence-corrected chi connectivity index (χ4v) is 3.49. The minimum atomic E-state index is -0.493. The van der Waals surface area contributed by atoms with Crippen molar-refractivity contribution in [2.45, 2.75) is 65.0 Å². The van der Waals surface area contributed by atoms with Crippen molar-refractivity contribution in [3.63, 3.8) is 0 Å². The zero-order valence-corrected chi connectivity index (χ0v) is 16.0. The molecule has 1 N–H and O–H groups in total. The number of hydrogen-bond donors (Lipinski definition) is 1. The van der Waals surface area contributed by atoms with Gasteiger partial charge in [-0.05, 0) is 40.0 Å². The van der Waals surface area contributed by atoms with Gasteiger partial charge in [0.25, 0.3) is 0 Å². The number of aromatic nitrogens is 3. The molecule has 0 bridgehead atoms. The zero-order valence-electron chi connectivity index (χ0n) is 16.0. The molecule has 1 aromatic rings. The molecule has 8 nitrogen and oxygen atoms in total. The Kier molecular flexibility index (Phi) is 5.48. The van der Waals surface area contributed by atoms with Crippen LogP contribution in [0.5, 0.6) is 0 Å². The van der Waals surface area contributed by atoms with E-state index in [1.54, 1.807) is 4.90 Å². The Morgan fingerprint density at radius 3 is 2.62 bits per heavy atom. The minimum Gasteiger partial charge on any atom is -0.444 e. The second kappa shape index (κ2) is 7.63. The van der Waals surface area contributed by atoms with E-state index in [1.165, 1.54) is 0 Å². The average molecular weight is 363 g/mol. The molecule has 0 atom stereocenters. The van der Waals surface area contributed by atoms with Gasteiger partial charge in [-0.1, -0.05) is 0 Å². The second-order valence-electron chi connectivity index (χ2n) is 8.07. The number of aryl methyl sites for hydroxylation is 1. The third-order valence-corrected chi connectivity index (χ3v) is 4.85. The molecule has 0 radical (unpaired) electrons. The van der Waals surface area contributed by atoms with Crippen molar-refractivity contribution >= 4 is 12.0 Å². The predicted molar refractivity (Wildman–Crippen MR) is 95.6 cm³/mol. The Labute approximate surface area is 154 Å². The summed E-state index contributed by atoms with van der Waals surface area (Å²) >= 11 is 0. The van der Waals surface area contributed by atoms with Gasteiger partial charge in [0.05, 0.1) is 0 Å². The van der Waals surface area contributed by atoms with E-state index in [9.17, 15) is 9.59 Å². The van der Waals surface area contributed by atoms with Crippen LogP contribution in [-0.4, -0.2) is 56.9 Å². The van der Waals surface area contributed by atoms with E-state index < -0.39 is 5.60 Å². The third-order valence-electron chi connectivity index (χ3n) is 4.85. The highest BCUT2D eigenvalue weighted by Gasteiger charge is 2.29. The third kappa shape index (κ3) is 4.53. The number of nitrogens with one attached hydrogen (secondary N) is 1. The first-order chi connectivity index (χ1) is 12.3. The number of piperidine rings is 1. The highest BCUT2D eigenvalue weighted by molar-refractivity contribution is 5.79. The molecule has 3 heterocycles. The number of rotatable bonds is 4. The van der Waals surface area contributed by atoms with Crippen LogP contribution < -0.4 is 5.32 Å². The molecule has 0 unspecified atom stereocenters. The van der Waals surface area contributed by atoms with Gasteiger partial charge < -0.3 is 19.5 Å². The van der Waals surface area contributed by atoms with Gasteiger partial charge in [0, 0.05) is 44.9 Å². The van der Waals surface area contributed by atoms with Gasteiger partial charge in [0.15, 0.2) is 0 Å². The van der Waals surface area contributed by atoms with E-state index >= 15 is 0 Å². The molecule has 1 aromatic heterocycles. The quantitative estimate of drug-likeness (QED) is 0.876. The first kappa shape index (κ1) is 18.7. The number of amides is 2. The van der Waals surface area contributed by atoms with Crippen LogP contribution in [0.15, 0.2) is 0 Å². The van der Waals surface area contributed by atoms with Crippen LogP contribution in [0.25, 0.3) is 0 Å². The van der Waals surface area contributed by atoms with Gasteiger partial charge in [0.1, 0.15) is 17.2 Å². The van der Waals surface area contributed by atoms with Gasteiger partial charge in [-0.3, -0.25) is 4.79 Å². The maximum absolute atomic E-state index is 12.4. The summed E-state index contributed by atoms with van der Waals surface area (Å²) in [7, 11) is 0. The molecule has 3 rings (SSSR count). The summed E-state index contributed by atoms with van der Waals surface area (Å²) in [5.74, 6) is 2.03. The summed E-state index contributed by atoms with van der Waals surface area (Å²) in [6, 6.07) is 0. The molecule has 2 amide bonds. The summed E-state index contributed by atoms with van der Waals surface area (Å²) in [5, 5.41) is 11.4. The highest BCUT2D eigenvalue weighted by atomic mass is 16.6. The molecule has 2 aliphatic rings. The molecule has 0 aliphatic carbocycles. The van der Waals surface area contributed by atoms with Crippen molar-refractivity contribution in [1.82, 2.24) is 25.0 Å². The van der Waals surface area contributed by atoms with Crippen LogP contribution in [0.3, 0.4) is 0 Å². The van der Waals surface area contributed by atoms with E-state index in [2.05, 4.69) is 20.1 Å². The lowest BCUT2D eigenvalue weighted by molar-refractivity contribution is -0.126. The fourth-order valence-electron chi connectivity index (χ4n) is 3.49. The fraction of sp³-hybridized carbons (Fsp3) is 0.778. The van der Waals surface area contributed by atoms with Crippen LogP contribution in [0, 0.1) is 5.92 Å². The first-order valence-corrected chi connectivity index (χ1v) is 9.50. The Balaban J connectivity index is 1.39. The number of ether oxygens (including phenoxy) is 1. The summed E-state index contributed by atoms with van der Waals surface area (Å²) in [4.78, 5) is 26.1. The standard InChI is InChI=1S/C18H29N5O3/c1-18(2,3)26-17(25)22-11-7-13(8-12-22)16(24)19-9-6-15-21-20-14-5-4-10-23(14)15/h13H,4-12H2,1-3H3,(H,19,24). The topological polar surface area (TPSA) is 89.3 Å². The SMILES string of the molecule is CC(C)(C)OC(=O)N1CCC(C(=O)NCCc2nnc3n2CCC3)CC1. The Morgan fingerprint density at radius 2 is 1.92 bits per heavy atom. The molecule has 144 valence electrons. The predicted octanol–water partition coefficient (Wildman–Crippen LogP) is 1.53.